The predicted molar refractivity (Wildman–Crippen MR) is 99.8 cm³/mol. The molecule has 1 aromatic heterocycles. The number of hydrogen-bond donors (Lipinski definition) is 2. The van der Waals surface area contributed by atoms with Crippen LogP contribution < -0.4 is 10.9 Å². The number of aryl methyl sites for hydroxylation is 1. The van der Waals surface area contributed by atoms with Gasteiger partial charge in [-0.2, -0.15) is 15.3 Å². The minimum Gasteiger partial charge on any atom is -0.741 e. The molecule has 0 aromatic carbocycles. The van der Waals surface area contributed by atoms with Gasteiger partial charge in [-0.25, -0.2) is 0 Å². The first-order valence-corrected chi connectivity index (χ1v) is 7.86. The van der Waals surface area contributed by atoms with Gasteiger partial charge in [-0.1, -0.05) is 0 Å². The van der Waals surface area contributed by atoms with Crippen LogP contribution in [0.3, 0.4) is 0 Å². The zero-order chi connectivity index (χ0) is 17.2. The molecule has 0 spiro atoms. The first-order chi connectivity index (χ1) is 11.0. The molecule has 1 radical (unpaired) electrons. The molecule has 0 amide bonds. The average Bonchev–Trinajstić information content (AvgIpc) is 2.92. The molecule has 2 N–H and O–H groups in total. The normalized spacial score (nSPS) is 13.5. The minimum atomic E-state index is 0. The smallest absolute Gasteiger partial charge is 0.741 e. The summed E-state index contributed by atoms with van der Waals surface area (Å²) in [6.45, 7) is 6.78. The van der Waals surface area contributed by atoms with Crippen molar-refractivity contribution < 1.29 is 17.1 Å². The van der Waals surface area contributed by atoms with Crippen molar-refractivity contribution >= 4 is 47.0 Å². The fraction of sp³-hybridized carbons (Fsp3) is 0.462. The fourth-order valence-corrected chi connectivity index (χ4v) is 1.93. The Morgan fingerprint density at radius 3 is 2.12 bits per heavy atom. The summed E-state index contributed by atoms with van der Waals surface area (Å²) >= 11 is 10.1. The van der Waals surface area contributed by atoms with E-state index in [1.54, 1.807) is 17.8 Å². The maximum Gasteiger partial charge on any atom is 2.00 e. The minimum absolute atomic E-state index is 0. The van der Waals surface area contributed by atoms with Crippen molar-refractivity contribution in [1.82, 2.24) is 20.6 Å². The number of aromatic nitrogens is 2. The van der Waals surface area contributed by atoms with Gasteiger partial charge in [0.2, 0.25) is 0 Å². The maximum atomic E-state index is 5.06. The van der Waals surface area contributed by atoms with Crippen molar-refractivity contribution in [2.45, 2.75) is 20.8 Å². The molecule has 0 unspecified atom stereocenters. The Balaban J connectivity index is 0.00000529. The van der Waals surface area contributed by atoms with Crippen LogP contribution in [-0.2, 0) is 49.4 Å². The standard InChI is InChI=1S/C13H22N8S2.Cu/c1-5-14-12(22)19-17-9(3)11(10-7-8-16-21(10)4)18-20-13(23)15-6-2;/h7-8H,5-6H2,1-4H3,(H2,14,19,22)(H2,15,20,23);/q;+2/p-2/b17-9+,18-11-;. The van der Waals surface area contributed by atoms with Crippen LogP contribution in [0, 0.1) is 0 Å². The van der Waals surface area contributed by atoms with Gasteiger partial charge in [0.25, 0.3) is 0 Å². The third-order valence-electron chi connectivity index (χ3n) is 2.59. The number of nitrogens with one attached hydrogen (secondary N) is 2. The second kappa shape index (κ2) is 11.9. The zero-order valence-electron chi connectivity index (χ0n) is 13.9. The van der Waals surface area contributed by atoms with E-state index in [1.807, 2.05) is 27.0 Å². The van der Waals surface area contributed by atoms with E-state index in [0.717, 1.165) is 5.69 Å². The molecular formula is C13H20CuN8S2. The number of rotatable bonds is 6. The molecule has 135 valence electrons. The third kappa shape index (κ3) is 7.35. The molecule has 0 bridgehead atoms. The van der Waals surface area contributed by atoms with Gasteiger partial charge in [0.15, 0.2) is 0 Å². The molecule has 24 heavy (non-hydrogen) atoms. The van der Waals surface area contributed by atoms with Crippen LogP contribution in [-0.4, -0.2) is 44.6 Å². The molecular weight excluding hydrogens is 396 g/mol. The molecule has 1 rings (SSSR count). The molecule has 0 aliphatic carbocycles. The van der Waals surface area contributed by atoms with Crippen molar-refractivity contribution in [3.8, 4) is 0 Å². The second-order valence-corrected chi connectivity index (χ2v) is 5.05. The summed E-state index contributed by atoms with van der Waals surface area (Å²) in [5.74, 6) is 0. The molecule has 0 saturated heterocycles. The number of hydrazone groups is 2. The predicted octanol–water partition coefficient (Wildman–Crippen LogP) is 0.522. The molecule has 1 aromatic rings. The maximum absolute atomic E-state index is 5.06. The molecule has 0 aliphatic heterocycles. The molecule has 0 aliphatic rings. The van der Waals surface area contributed by atoms with Gasteiger partial charge in [-0.15, -0.1) is 0 Å². The van der Waals surface area contributed by atoms with Gasteiger partial charge in [0.1, 0.15) is 5.71 Å². The number of hydrogen-bond acceptors (Lipinski definition) is 7. The molecule has 1 heterocycles. The third-order valence-corrected chi connectivity index (χ3v) is 3.03. The van der Waals surface area contributed by atoms with E-state index >= 15 is 0 Å². The molecule has 0 fully saturated rings. The SMILES string of the molecule is CCN=C([S-])N/N=C(C)/C(=N/NC([S-])=NCC)c1ccnn1C.[Cu+2]. The average molecular weight is 416 g/mol. The Labute approximate surface area is 163 Å². The van der Waals surface area contributed by atoms with Crippen molar-refractivity contribution in [1.29, 1.82) is 0 Å². The van der Waals surface area contributed by atoms with E-state index in [9.17, 15) is 0 Å². The second-order valence-electron chi connectivity index (χ2n) is 4.28. The number of amidine groups is 2. The van der Waals surface area contributed by atoms with Gasteiger partial charge in [-0.3, -0.25) is 25.5 Å². The van der Waals surface area contributed by atoms with Gasteiger partial charge in [-0.05, 0) is 37.2 Å². The van der Waals surface area contributed by atoms with Crippen molar-refractivity contribution in [3.05, 3.63) is 18.0 Å². The summed E-state index contributed by atoms with van der Waals surface area (Å²) in [4.78, 5) is 8.10. The summed E-state index contributed by atoms with van der Waals surface area (Å²) in [5.41, 5.74) is 7.41. The monoisotopic (exact) mass is 415 g/mol. The molecule has 0 atom stereocenters. The van der Waals surface area contributed by atoms with E-state index in [2.05, 4.69) is 36.1 Å². The fourth-order valence-electron chi connectivity index (χ4n) is 1.58. The van der Waals surface area contributed by atoms with Gasteiger partial charge < -0.3 is 25.3 Å². The van der Waals surface area contributed by atoms with Crippen LogP contribution in [0.5, 0.6) is 0 Å². The quantitative estimate of drug-likeness (QED) is 0.232. The van der Waals surface area contributed by atoms with E-state index in [-0.39, 0.29) is 17.1 Å². The zero-order valence-corrected chi connectivity index (χ0v) is 16.4. The Bertz CT molecular complexity index is 636. The van der Waals surface area contributed by atoms with Crippen molar-refractivity contribution in [2.24, 2.45) is 27.2 Å². The number of aliphatic imine (C=N–C) groups is 2. The first kappa shape index (κ1) is 22.4. The van der Waals surface area contributed by atoms with Gasteiger partial charge in [0.05, 0.1) is 11.4 Å². The molecule has 11 heteroatoms. The van der Waals surface area contributed by atoms with Crippen LogP contribution in [0.1, 0.15) is 26.5 Å². The Kier molecular flexibility index (Phi) is 11.1. The summed E-state index contributed by atoms with van der Waals surface area (Å²) in [6.07, 6.45) is 1.68. The van der Waals surface area contributed by atoms with Gasteiger partial charge in [0, 0.05) is 26.3 Å². The first-order valence-electron chi connectivity index (χ1n) is 7.05. The van der Waals surface area contributed by atoms with Crippen molar-refractivity contribution in [2.75, 3.05) is 13.1 Å². The van der Waals surface area contributed by atoms with E-state index < -0.39 is 0 Å². The Hall–Kier alpha value is -1.55. The van der Waals surface area contributed by atoms with E-state index in [0.29, 0.717) is 34.8 Å². The molecule has 8 nitrogen and oxygen atoms in total. The summed E-state index contributed by atoms with van der Waals surface area (Å²) in [7, 11) is 1.82. The van der Waals surface area contributed by atoms with E-state index in [1.165, 1.54) is 0 Å². The number of nitrogens with zero attached hydrogens (tertiary/aromatic N) is 6. The van der Waals surface area contributed by atoms with Crippen LogP contribution in [0.4, 0.5) is 0 Å². The van der Waals surface area contributed by atoms with Crippen LogP contribution in [0.15, 0.2) is 32.5 Å². The van der Waals surface area contributed by atoms with Crippen LogP contribution in [0.25, 0.3) is 0 Å². The Morgan fingerprint density at radius 1 is 1.12 bits per heavy atom. The van der Waals surface area contributed by atoms with Crippen molar-refractivity contribution in [3.63, 3.8) is 0 Å². The van der Waals surface area contributed by atoms with Crippen LogP contribution >= 0.6 is 0 Å². The summed E-state index contributed by atoms with van der Waals surface area (Å²) in [6, 6.07) is 1.83. The molecule has 0 saturated carbocycles. The largest absolute Gasteiger partial charge is 2.00 e. The van der Waals surface area contributed by atoms with Crippen LogP contribution in [0.2, 0.25) is 0 Å². The summed E-state index contributed by atoms with van der Waals surface area (Å²) in [5, 5.41) is 13.3. The Morgan fingerprint density at radius 2 is 1.67 bits per heavy atom. The summed E-state index contributed by atoms with van der Waals surface area (Å²) < 4.78 is 1.69. The van der Waals surface area contributed by atoms with Gasteiger partial charge >= 0.3 is 17.1 Å². The topological polar surface area (TPSA) is 91.3 Å². The van der Waals surface area contributed by atoms with E-state index in [4.69, 9.17) is 25.3 Å².